The van der Waals surface area contributed by atoms with Gasteiger partial charge in [-0.15, -0.1) is 0 Å². The normalized spacial score (nSPS) is 12.3. The molecule has 1 unspecified atom stereocenters. The van der Waals surface area contributed by atoms with Crippen molar-refractivity contribution >= 4 is 5.97 Å². The van der Waals surface area contributed by atoms with Crippen molar-refractivity contribution in [1.29, 1.82) is 0 Å². The van der Waals surface area contributed by atoms with Crippen molar-refractivity contribution < 1.29 is 9.90 Å². The van der Waals surface area contributed by atoms with Crippen molar-refractivity contribution in [3.8, 4) is 5.69 Å². The Morgan fingerprint density at radius 1 is 1.44 bits per heavy atom. The minimum atomic E-state index is -0.899. The topological polar surface area (TPSA) is 81.1 Å². The number of carbonyl (C=O) groups is 1. The average molecular weight is 245 g/mol. The van der Waals surface area contributed by atoms with Gasteiger partial charge >= 0.3 is 5.97 Å². The number of carboxylic acids is 1. The number of aryl methyl sites for hydroxylation is 1. The summed E-state index contributed by atoms with van der Waals surface area (Å²) in [5.41, 5.74) is 7.13. The second kappa shape index (κ2) is 5.01. The van der Waals surface area contributed by atoms with Crippen LogP contribution < -0.4 is 5.73 Å². The molecule has 0 aliphatic rings. The lowest BCUT2D eigenvalue weighted by Crippen LogP contribution is -2.21. The fourth-order valence-electron chi connectivity index (χ4n) is 1.90. The molecular formula is C13H15N3O2. The Morgan fingerprint density at radius 3 is 2.56 bits per heavy atom. The minimum Gasteiger partial charge on any atom is -0.481 e. The summed E-state index contributed by atoms with van der Waals surface area (Å²) >= 11 is 0. The highest BCUT2D eigenvalue weighted by molar-refractivity contribution is 5.76. The lowest BCUT2D eigenvalue weighted by atomic mass is 9.99. The van der Waals surface area contributed by atoms with E-state index >= 15 is 0 Å². The van der Waals surface area contributed by atoms with Crippen molar-refractivity contribution in [1.82, 2.24) is 9.55 Å². The number of nitrogens with two attached hydrogens (primary N) is 1. The van der Waals surface area contributed by atoms with Gasteiger partial charge < -0.3 is 15.4 Å². The summed E-state index contributed by atoms with van der Waals surface area (Å²) in [5, 5.41) is 9.03. The van der Waals surface area contributed by atoms with Gasteiger partial charge in [0.05, 0.1) is 5.92 Å². The highest BCUT2D eigenvalue weighted by Gasteiger charge is 2.17. The van der Waals surface area contributed by atoms with E-state index in [0.29, 0.717) is 5.56 Å². The van der Waals surface area contributed by atoms with E-state index in [4.69, 9.17) is 10.8 Å². The maximum absolute atomic E-state index is 11.0. The van der Waals surface area contributed by atoms with E-state index in [1.807, 2.05) is 29.8 Å². The van der Waals surface area contributed by atoms with Crippen LogP contribution >= 0.6 is 0 Å². The van der Waals surface area contributed by atoms with Crippen LogP contribution in [0.25, 0.3) is 5.69 Å². The highest BCUT2D eigenvalue weighted by Crippen LogP contribution is 2.18. The van der Waals surface area contributed by atoms with Gasteiger partial charge in [-0.3, -0.25) is 4.79 Å². The Labute approximate surface area is 105 Å². The Bertz CT molecular complexity index is 546. The van der Waals surface area contributed by atoms with E-state index in [-0.39, 0.29) is 6.54 Å². The van der Waals surface area contributed by atoms with E-state index in [1.165, 1.54) is 0 Å². The van der Waals surface area contributed by atoms with Crippen LogP contribution in [0, 0.1) is 6.92 Å². The molecule has 0 bridgehead atoms. The molecule has 1 aromatic carbocycles. The van der Waals surface area contributed by atoms with Gasteiger partial charge in [-0.2, -0.15) is 0 Å². The first-order valence-electron chi connectivity index (χ1n) is 5.66. The summed E-state index contributed by atoms with van der Waals surface area (Å²) in [5.74, 6) is -0.664. The first-order chi connectivity index (χ1) is 8.63. The monoisotopic (exact) mass is 245 g/mol. The molecule has 0 spiro atoms. The molecule has 0 saturated carbocycles. The van der Waals surface area contributed by atoms with Gasteiger partial charge in [0, 0.05) is 24.6 Å². The third-order valence-corrected chi connectivity index (χ3v) is 2.93. The van der Waals surface area contributed by atoms with E-state index < -0.39 is 11.9 Å². The molecule has 0 aliphatic heterocycles. The largest absolute Gasteiger partial charge is 0.481 e. The van der Waals surface area contributed by atoms with Gasteiger partial charge in [0.1, 0.15) is 5.82 Å². The second-order valence-electron chi connectivity index (χ2n) is 4.06. The van der Waals surface area contributed by atoms with Gasteiger partial charge in [0.15, 0.2) is 0 Å². The summed E-state index contributed by atoms with van der Waals surface area (Å²) in [6, 6.07) is 7.33. The fraction of sp³-hybridized carbons (Fsp3) is 0.231. The van der Waals surface area contributed by atoms with Crippen LogP contribution in [-0.4, -0.2) is 27.2 Å². The quantitative estimate of drug-likeness (QED) is 0.850. The third kappa shape index (κ3) is 2.26. The van der Waals surface area contributed by atoms with E-state index in [9.17, 15) is 4.79 Å². The smallest absolute Gasteiger partial charge is 0.312 e. The molecule has 2 aromatic rings. The Balaban J connectivity index is 2.31. The second-order valence-corrected chi connectivity index (χ2v) is 4.06. The first-order valence-corrected chi connectivity index (χ1v) is 5.66. The zero-order valence-electron chi connectivity index (χ0n) is 10.1. The van der Waals surface area contributed by atoms with Gasteiger partial charge in [-0.1, -0.05) is 12.1 Å². The SMILES string of the molecule is Cc1nccn1-c1ccc(C(CN)C(=O)O)cc1. The molecule has 0 radical (unpaired) electrons. The van der Waals surface area contributed by atoms with Crippen molar-refractivity contribution in [2.45, 2.75) is 12.8 Å². The van der Waals surface area contributed by atoms with Gasteiger partial charge in [0.2, 0.25) is 0 Å². The summed E-state index contributed by atoms with van der Waals surface area (Å²) in [4.78, 5) is 15.1. The van der Waals surface area contributed by atoms with Crippen LogP contribution in [0.3, 0.4) is 0 Å². The maximum atomic E-state index is 11.0. The van der Waals surface area contributed by atoms with Gasteiger partial charge in [-0.05, 0) is 24.6 Å². The molecule has 1 aromatic heterocycles. The van der Waals surface area contributed by atoms with Crippen LogP contribution in [-0.2, 0) is 4.79 Å². The number of rotatable bonds is 4. The summed E-state index contributed by atoms with van der Waals surface area (Å²) in [6.07, 6.45) is 3.59. The molecule has 0 aliphatic carbocycles. The molecule has 18 heavy (non-hydrogen) atoms. The number of hydrogen-bond donors (Lipinski definition) is 2. The molecule has 0 saturated heterocycles. The van der Waals surface area contributed by atoms with Crippen molar-refractivity contribution in [2.75, 3.05) is 6.54 Å². The number of carboxylic acid groups (broad SMARTS) is 1. The summed E-state index contributed by atoms with van der Waals surface area (Å²) in [7, 11) is 0. The van der Waals surface area contributed by atoms with Crippen LogP contribution in [0.4, 0.5) is 0 Å². The Morgan fingerprint density at radius 2 is 2.11 bits per heavy atom. The number of nitrogens with zero attached hydrogens (tertiary/aromatic N) is 2. The van der Waals surface area contributed by atoms with Crippen molar-refractivity contribution in [3.05, 3.63) is 48.0 Å². The van der Waals surface area contributed by atoms with Gasteiger partial charge in [0.25, 0.3) is 0 Å². The summed E-state index contributed by atoms with van der Waals surface area (Å²) in [6.45, 7) is 2.01. The zero-order valence-corrected chi connectivity index (χ0v) is 10.1. The van der Waals surface area contributed by atoms with Crippen LogP contribution in [0.1, 0.15) is 17.3 Å². The number of imidazole rings is 1. The average Bonchev–Trinajstić information content (AvgIpc) is 2.77. The highest BCUT2D eigenvalue weighted by atomic mass is 16.4. The lowest BCUT2D eigenvalue weighted by molar-refractivity contribution is -0.138. The third-order valence-electron chi connectivity index (χ3n) is 2.93. The molecule has 5 nitrogen and oxygen atoms in total. The maximum Gasteiger partial charge on any atom is 0.312 e. The minimum absolute atomic E-state index is 0.0960. The van der Waals surface area contributed by atoms with Crippen LogP contribution in [0.2, 0.25) is 0 Å². The number of benzene rings is 1. The molecule has 94 valence electrons. The molecule has 2 rings (SSSR count). The fourth-order valence-corrected chi connectivity index (χ4v) is 1.90. The van der Waals surface area contributed by atoms with Crippen molar-refractivity contribution in [3.63, 3.8) is 0 Å². The molecule has 5 heteroatoms. The molecule has 3 N–H and O–H groups in total. The van der Waals surface area contributed by atoms with Gasteiger partial charge in [-0.25, -0.2) is 4.98 Å². The van der Waals surface area contributed by atoms with Crippen molar-refractivity contribution in [2.24, 2.45) is 5.73 Å². The Hall–Kier alpha value is -2.14. The summed E-state index contributed by atoms with van der Waals surface area (Å²) < 4.78 is 1.93. The zero-order chi connectivity index (χ0) is 13.1. The number of aliphatic carboxylic acids is 1. The van der Waals surface area contributed by atoms with Crippen LogP contribution in [0.15, 0.2) is 36.7 Å². The number of hydrogen-bond acceptors (Lipinski definition) is 3. The van der Waals surface area contributed by atoms with E-state index in [2.05, 4.69) is 4.98 Å². The molecule has 1 atom stereocenters. The molecule has 1 heterocycles. The lowest BCUT2D eigenvalue weighted by Gasteiger charge is -2.11. The van der Waals surface area contributed by atoms with E-state index in [0.717, 1.165) is 11.5 Å². The first kappa shape index (κ1) is 12.3. The predicted octanol–water partition coefficient (Wildman–Crippen LogP) is 1.31. The molecular weight excluding hydrogens is 230 g/mol. The molecule has 0 fully saturated rings. The predicted molar refractivity (Wildman–Crippen MR) is 67.7 cm³/mol. The van der Waals surface area contributed by atoms with E-state index in [1.54, 1.807) is 18.3 Å². The molecule has 0 amide bonds. The van der Waals surface area contributed by atoms with Crippen LogP contribution in [0.5, 0.6) is 0 Å². The number of aromatic nitrogens is 2. The standard InChI is InChI=1S/C13H15N3O2/c1-9-15-6-7-16(9)11-4-2-10(3-5-11)12(8-14)13(17)18/h2-7,12H,8,14H2,1H3,(H,17,18). The Kier molecular flexibility index (Phi) is 3.43.